The third-order valence-corrected chi connectivity index (χ3v) is 4.07. The predicted octanol–water partition coefficient (Wildman–Crippen LogP) is 7.14. The average Bonchev–Trinajstić information content (AvgIpc) is 3.28. The molecule has 0 spiro atoms. The van der Waals surface area contributed by atoms with Gasteiger partial charge in [0.25, 0.3) is 0 Å². The minimum atomic E-state index is 0. The number of hydrogen-bond donors (Lipinski definition) is 0. The molecule has 0 aliphatic carbocycles. The zero-order chi connectivity index (χ0) is 16.8. The molecule has 0 atom stereocenters. The second kappa shape index (κ2) is 10.7. The summed E-state index contributed by atoms with van der Waals surface area (Å²) < 4.78 is 0. The molecule has 0 nitrogen and oxygen atoms in total. The topological polar surface area (TPSA) is 0 Å². The molecular weight excluding hydrogens is 348 g/mol. The van der Waals surface area contributed by atoms with Crippen LogP contribution in [0.1, 0.15) is 0 Å². The number of fused-ring (bicyclic) bond motifs is 4. The molecule has 0 saturated carbocycles. The third kappa shape index (κ3) is 4.66. The van der Waals surface area contributed by atoms with Crippen LogP contribution in [0.25, 0.3) is 32.3 Å². The van der Waals surface area contributed by atoms with Crippen molar-refractivity contribution in [1.82, 2.24) is 0 Å². The molecule has 1 heteroatoms. The first-order valence-electron chi connectivity index (χ1n) is 7.91. The van der Waals surface area contributed by atoms with Crippen LogP contribution in [-0.4, -0.2) is 4.82 Å². The van der Waals surface area contributed by atoms with E-state index in [-0.39, 0.29) is 14.9 Å². The molecule has 5 aromatic rings. The molecule has 0 unspecified atom stereocenters. The number of benzene rings is 3. The standard InChI is InChI=1S/C13H9.C9H7.2CH3.CH2.Ti/c1-3-7-12-10(5-1)9-11-6-2-4-8-13(11)12;1-2-5-9-7-3-6-8(9)4-1;;;;/h1-9H;1-7H;2*1H3;1H2;/q4*-1;;. The largest absolute Gasteiger partial charge is 0.358 e. The van der Waals surface area contributed by atoms with Gasteiger partial charge in [0.2, 0.25) is 0 Å². The monoisotopic (exact) mass is 372 g/mol. The van der Waals surface area contributed by atoms with Gasteiger partial charge in [-0.1, -0.05) is 42.5 Å². The van der Waals surface area contributed by atoms with Gasteiger partial charge in [-0.15, -0.1) is 69.4 Å². The Morgan fingerprint density at radius 2 is 1.04 bits per heavy atom. The van der Waals surface area contributed by atoms with Crippen LogP contribution in [0.4, 0.5) is 0 Å². The van der Waals surface area contributed by atoms with Gasteiger partial charge >= 0.3 is 24.8 Å². The molecular formula is C25H24Ti-4. The molecule has 0 fully saturated rings. The summed E-state index contributed by atoms with van der Waals surface area (Å²) in [6, 6.07) is 33.9. The van der Waals surface area contributed by atoms with E-state index >= 15 is 0 Å². The SMILES string of the molecule is [CH2]=[Ti].[CH3-].[CH3-].c1ccc2[cH-]ccc2c1.c1ccc2c(c1)[cH-]c1ccccc12. The Bertz CT molecular complexity index is 969. The van der Waals surface area contributed by atoms with Gasteiger partial charge in [0, 0.05) is 0 Å². The van der Waals surface area contributed by atoms with Crippen molar-refractivity contribution < 1.29 is 20.0 Å². The van der Waals surface area contributed by atoms with Crippen molar-refractivity contribution in [2.24, 2.45) is 0 Å². The summed E-state index contributed by atoms with van der Waals surface area (Å²) in [4.78, 5) is 3.25. The van der Waals surface area contributed by atoms with E-state index in [1.807, 2.05) is 0 Å². The molecule has 0 heterocycles. The summed E-state index contributed by atoms with van der Waals surface area (Å²) in [5, 5.41) is 8.05. The molecule has 0 radical (unpaired) electrons. The van der Waals surface area contributed by atoms with E-state index in [9.17, 15) is 0 Å². The third-order valence-electron chi connectivity index (χ3n) is 4.07. The molecule has 0 aliphatic rings. The van der Waals surface area contributed by atoms with E-state index in [2.05, 4.69) is 102 Å². The van der Waals surface area contributed by atoms with E-state index in [4.69, 9.17) is 0 Å². The van der Waals surface area contributed by atoms with Crippen LogP contribution >= 0.6 is 0 Å². The van der Waals surface area contributed by atoms with Crippen molar-refractivity contribution in [3.8, 4) is 0 Å². The van der Waals surface area contributed by atoms with Gasteiger partial charge in [0.15, 0.2) is 0 Å². The minimum Gasteiger partial charge on any atom is -0.358 e. The average molecular weight is 372 g/mol. The molecule has 5 rings (SSSR count). The fourth-order valence-corrected chi connectivity index (χ4v) is 2.97. The first-order valence-corrected chi connectivity index (χ1v) is 9.01. The first-order chi connectivity index (χ1) is 11.9. The summed E-state index contributed by atoms with van der Waals surface area (Å²) in [7, 11) is 0. The maximum Gasteiger partial charge on any atom is -0.0771 e. The fourth-order valence-electron chi connectivity index (χ4n) is 2.97. The molecule has 0 aliphatic heterocycles. The Morgan fingerprint density at radius 3 is 1.58 bits per heavy atom. The number of hydrogen-bond acceptors (Lipinski definition) is 0. The van der Waals surface area contributed by atoms with Gasteiger partial charge in [0.1, 0.15) is 0 Å². The normalized spacial score (nSPS) is 9.19. The quantitative estimate of drug-likeness (QED) is 0.200. The molecule has 0 aromatic heterocycles. The van der Waals surface area contributed by atoms with Crippen LogP contribution in [0.15, 0.2) is 97.1 Å². The van der Waals surface area contributed by atoms with Gasteiger partial charge in [-0.25, -0.2) is 0 Å². The van der Waals surface area contributed by atoms with Gasteiger partial charge < -0.3 is 14.9 Å². The van der Waals surface area contributed by atoms with Gasteiger partial charge in [-0.2, -0.15) is 17.5 Å². The van der Waals surface area contributed by atoms with E-state index in [0.29, 0.717) is 0 Å². The molecule has 0 N–H and O–H groups in total. The summed E-state index contributed by atoms with van der Waals surface area (Å²) >= 11 is 1.75. The van der Waals surface area contributed by atoms with Crippen molar-refractivity contribution in [3.63, 3.8) is 0 Å². The summed E-state index contributed by atoms with van der Waals surface area (Å²) in [6.45, 7) is 0. The Morgan fingerprint density at radius 1 is 0.577 bits per heavy atom. The first kappa shape index (κ1) is 21.8. The smallest absolute Gasteiger partial charge is 0.0771 e. The van der Waals surface area contributed by atoms with Gasteiger partial charge in [0.05, 0.1) is 0 Å². The zero-order valence-corrected chi connectivity index (χ0v) is 17.0. The van der Waals surface area contributed by atoms with Crippen molar-refractivity contribution in [2.75, 3.05) is 0 Å². The van der Waals surface area contributed by atoms with Crippen LogP contribution in [0.5, 0.6) is 0 Å². The van der Waals surface area contributed by atoms with Crippen molar-refractivity contribution in [2.45, 2.75) is 0 Å². The van der Waals surface area contributed by atoms with Crippen molar-refractivity contribution >= 4 is 37.1 Å². The Kier molecular flexibility index (Phi) is 8.92. The van der Waals surface area contributed by atoms with E-state index in [1.54, 1.807) is 20.0 Å². The van der Waals surface area contributed by atoms with Gasteiger partial charge in [-0.3, -0.25) is 0 Å². The second-order valence-electron chi connectivity index (χ2n) is 5.47. The van der Waals surface area contributed by atoms with E-state index < -0.39 is 0 Å². The predicted molar refractivity (Wildman–Crippen MR) is 117 cm³/mol. The Labute approximate surface area is 168 Å². The molecule has 0 amide bonds. The summed E-state index contributed by atoms with van der Waals surface area (Å²) in [6.07, 6.45) is 0. The summed E-state index contributed by atoms with van der Waals surface area (Å²) in [5.74, 6) is 0. The second-order valence-corrected chi connectivity index (χ2v) is 5.47. The van der Waals surface area contributed by atoms with E-state index in [0.717, 1.165) is 0 Å². The molecule has 0 saturated heterocycles. The maximum atomic E-state index is 3.25. The zero-order valence-electron chi connectivity index (χ0n) is 15.4. The van der Waals surface area contributed by atoms with Crippen LogP contribution in [0, 0.1) is 14.9 Å². The van der Waals surface area contributed by atoms with E-state index in [1.165, 1.54) is 32.3 Å². The maximum absolute atomic E-state index is 3.25. The molecule has 5 aromatic carbocycles. The Balaban J connectivity index is 0.000000232. The Hall–Kier alpha value is -2.28. The number of rotatable bonds is 0. The van der Waals surface area contributed by atoms with Crippen molar-refractivity contribution in [1.29, 1.82) is 0 Å². The molecule has 132 valence electrons. The fraction of sp³-hybridized carbons (Fsp3) is 0. The van der Waals surface area contributed by atoms with Crippen LogP contribution < -0.4 is 0 Å². The summed E-state index contributed by atoms with van der Waals surface area (Å²) in [5.41, 5.74) is 0. The van der Waals surface area contributed by atoms with Gasteiger partial charge in [-0.05, 0) is 0 Å². The van der Waals surface area contributed by atoms with Crippen LogP contribution in [0.3, 0.4) is 0 Å². The minimum absolute atomic E-state index is 0. The molecule has 0 bridgehead atoms. The van der Waals surface area contributed by atoms with Crippen molar-refractivity contribution in [3.05, 3.63) is 112 Å². The molecule has 26 heavy (non-hydrogen) atoms. The van der Waals surface area contributed by atoms with Crippen LogP contribution in [-0.2, 0) is 20.0 Å². The van der Waals surface area contributed by atoms with Crippen LogP contribution in [0.2, 0.25) is 0 Å².